The molecule has 128 valence electrons. The minimum atomic E-state index is 0.0951. The Morgan fingerprint density at radius 2 is 1.96 bits per heavy atom. The first-order valence-electron chi connectivity index (χ1n) is 8.79. The highest BCUT2D eigenvalue weighted by Gasteiger charge is 2.31. The molecule has 0 saturated carbocycles. The van der Waals surface area contributed by atoms with Gasteiger partial charge in [0, 0.05) is 25.7 Å². The van der Waals surface area contributed by atoms with Crippen LogP contribution in [0.3, 0.4) is 0 Å². The first kappa shape index (κ1) is 16.9. The average molecular weight is 327 g/mol. The van der Waals surface area contributed by atoms with E-state index in [0.717, 1.165) is 39.0 Å². The van der Waals surface area contributed by atoms with Gasteiger partial charge in [0.15, 0.2) is 0 Å². The first-order chi connectivity index (χ1) is 11.7. The van der Waals surface area contributed by atoms with Gasteiger partial charge in [-0.2, -0.15) is 5.26 Å². The molecule has 2 aliphatic rings. The maximum absolute atomic E-state index is 12.7. The molecule has 2 fully saturated rings. The quantitative estimate of drug-likeness (QED) is 0.854. The van der Waals surface area contributed by atoms with Crippen molar-refractivity contribution < 1.29 is 9.53 Å². The molecule has 0 radical (unpaired) electrons. The van der Waals surface area contributed by atoms with Crippen LogP contribution in [-0.2, 0) is 9.53 Å². The van der Waals surface area contributed by atoms with Crippen molar-refractivity contribution in [2.75, 3.05) is 39.4 Å². The Bertz CT molecular complexity index is 602. The fourth-order valence-electron chi connectivity index (χ4n) is 3.65. The number of nitriles is 1. The van der Waals surface area contributed by atoms with Crippen molar-refractivity contribution in [1.82, 2.24) is 9.80 Å². The van der Waals surface area contributed by atoms with Crippen LogP contribution < -0.4 is 0 Å². The zero-order chi connectivity index (χ0) is 16.9. The molecule has 5 heteroatoms. The lowest BCUT2D eigenvalue weighted by Crippen LogP contribution is -2.48. The van der Waals surface area contributed by atoms with E-state index in [9.17, 15) is 4.79 Å². The summed E-state index contributed by atoms with van der Waals surface area (Å²) < 4.78 is 5.35. The molecule has 0 bridgehead atoms. The highest BCUT2D eigenvalue weighted by molar-refractivity contribution is 5.79. The average Bonchev–Trinajstić information content (AvgIpc) is 2.67. The number of morpholine rings is 1. The number of ether oxygens (including phenoxy) is 1. The summed E-state index contributed by atoms with van der Waals surface area (Å²) in [6.07, 6.45) is 2.04. The molecular formula is C19H25N3O2. The molecule has 0 aromatic heterocycles. The molecule has 3 rings (SSSR count). The number of likely N-dealkylation sites (tertiary alicyclic amines) is 1. The molecule has 0 N–H and O–H groups in total. The number of hydrogen-bond donors (Lipinski definition) is 0. The lowest BCUT2D eigenvalue weighted by Gasteiger charge is -2.39. The Hall–Kier alpha value is -1.90. The van der Waals surface area contributed by atoms with Crippen LogP contribution in [0.1, 0.15) is 36.9 Å². The van der Waals surface area contributed by atoms with E-state index >= 15 is 0 Å². The zero-order valence-electron chi connectivity index (χ0n) is 14.3. The summed E-state index contributed by atoms with van der Waals surface area (Å²) in [5.41, 5.74) is 1.89. The Morgan fingerprint density at radius 1 is 1.25 bits per heavy atom. The summed E-state index contributed by atoms with van der Waals surface area (Å²) in [7, 11) is 0. The SMILES string of the molecule is C[C@H](c1ccc(C#N)cc1)N1CCC[C@@H](C(=O)N2CCOCC2)C1. The number of hydrogen-bond acceptors (Lipinski definition) is 4. The summed E-state index contributed by atoms with van der Waals surface area (Å²) in [6, 6.07) is 10.2. The topological polar surface area (TPSA) is 56.6 Å². The van der Waals surface area contributed by atoms with Gasteiger partial charge in [-0.3, -0.25) is 9.69 Å². The molecule has 0 spiro atoms. The standard InChI is InChI=1S/C19H25N3O2/c1-15(17-6-4-16(13-20)5-7-17)22-8-2-3-18(14-22)19(23)21-9-11-24-12-10-21/h4-7,15,18H,2-3,8-12,14H2,1H3/t15-,18-/m1/s1. The Balaban J connectivity index is 1.63. The van der Waals surface area contributed by atoms with Gasteiger partial charge in [-0.05, 0) is 44.0 Å². The summed E-state index contributed by atoms with van der Waals surface area (Å²) in [5, 5.41) is 8.92. The Morgan fingerprint density at radius 3 is 2.62 bits per heavy atom. The maximum atomic E-state index is 12.7. The van der Waals surface area contributed by atoms with Gasteiger partial charge in [0.05, 0.1) is 30.8 Å². The molecule has 0 unspecified atom stereocenters. The summed E-state index contributed by atoms with van der Waals surface area (Å²) in [5.74, 6) is 0.382. The third-order valence-corrected chi connectivity index (χ3v) is 5.19. The number of benzene rings is 1. The molecule has 2 atom stereocenters. The Kier molecular flexibility index (Phi) is 5.49. The van der Waals surface area contributed by atoms with Crippen molar-refractivity contribution >= 4 is 5.91 Å². The van der Waals surface area contributed by atoms with Gasteiger partial charge in [0.1, 0.15) is 0 Å². The number of rotatable bonds is 3. The van der Waals surface area contributed by atoms with Crippen LogP contribution in [0, 0.1) is 17.2 Å². The second-order valence-electron chi connectivity index (χ2n) is 6.68. The number of amides is 1. The van der Waals surface area contributed by atoms with Crippen molar-refractivity contribution in [2.45, 2.75) is 25.8 Å². The number of piperidine rings is 1. The largest absolute Gasteiger partial charge is 0.378 e. The lowest BCUT2D eigenvalue weighted by atomic mass is 9.93. The van der Waals surface area contributed by atoms with Gasteiger partial charge in [-0.1, -0.05) is 12.1 Å². The van der Waals surface area contributed by atoms with Gasteiger partial charge in [0.2, 0.25) is 5.91 Å². The second kappa shape index (κ2) is 7.78. The molecular weight excluding hydrogens is 302 g/mol. The molecule has 1 amide bonds. The normalized spacial score (nSPS) is 23.5. The van der Waals surface area contributed by atoms with E-state index in [1.165, 1.54) is 5.56 Å². The first-order valence-corrected chi connectivity index (χ1v) is 8.79. The number of nitrogens with zero attached hydrogens (tertiary/aromatic N) is 3. The van der Waals surface area contributed by atoms with E-state index < -0.39 is 0 Å². The van der Waals surface area contributed by atoms with E-state index in [1.807, 2.05) is 29.2 Å². The predicted octanol–water partition coefficient (Wildman–Crippen LogP) is 2.19. The predicted molar refractivity (Wildman–Crippen MR) is 91.3 cm³/mol. The van der Waals surface area contributed by atoms with Crippen LogP contribution in [0.2, 0.25) is 0 Å². The van der Waals surface area contributed by atoms with Gasteiger partial charge in [-0.15, -0.1) is 0 Å². The molecule has 24 heavy (non-hydrogen) atoms. The van der Waals surface area contributed by atoms with E-state index in [1.54, 1.807) is 0 Å². The van der Waals surface area contributed by atoms with E-state index in [4.69, 9.17) is 10.00 Å². The molecule has 2 saturated heterocycles. The van der Waals surface area contributed by atoms with Crippen molar-refractivity contribution in [3.05, 3.63) is 35.4 Å². The summed E-state index contributed by atoms with van der Waals surface area (Å²) in [6.45, 7) is 6.78. The molecule has 5 nitrogen and oxygen atoms in total. The van der Waals surface area contributed by atoms with Gasteiger partial charge < -0.3 is 9.64 Å². The van der Waals surface area contributed by atoms with Crippen molar-refractivity contribution in [2.24, 2.45) is 5.92 Å². The summed E-state index contributed by atoms with van der Waals surface area (Å²) >= 11 is 0. The third-order valence-electron chi connectivity index (χ3n) is 5.19. The zero-order valence-corrected chi connectivity index (χ0v) is 14.3. The smallest absolute Gasteiger partial charge is 0.227 e. The van der Waals surface area contributed by atoms with Crippen LogP contribution in [0.4, 0.5) is 0 Å². The van der Waals surface area contributed by atoms with Gasteiger partial charge >= 0.3 is 0 Å². The fraction of sp³-hybridized carbons (Fsp3) is 0.579. The minimum Gasteiger partial charge on any atom is -0.378 e. The Labute approximate surface area is 143 Å². The van der Waals surface area contributed by atoms with E-state index in [-0.39, 0.29) is 17.9 Å². The van der Waals surface area contributed by atoms with E-state index in [2.05, 4.69) is 17.9 Å². The van der Waals surface area contributed by atoms with Gasteiger partial charge in [-0.25, -0.2) is 0 Å². The maximum Gasteiger partial charge on any atom is 0.227 e. The second-order valence-corrected chi connectivity index (χ2v) is 6.68. The number of carbonyl (C=O) groups excluding carboxylic acids is 1. The van der Waals surface area contributed by atoms with Crippen LogP contribution >= 0.6 is 0 Å². The molecule has 2 aliphatic heterocycles. The molecule has 1 aromatic rings. The highest BCUT2D eigenvalue weighted by atomic mass is 16.5. The van der Waals surface area contributed by atoms with Crippen LogP contribution in [-0.4, -0.2) is 55.1 Å². The monoisotopic (exact) mass is 327 g/mol. The molecule has 1 aromatic carbocycles. The molecule has 2 heterocycles. The van der Waals surface area contributed by atoms with Crippen molar-refractivity contribution in [3.63, 3.8) is 0 Å². The fourth-order valence-corrected chi connectivity index (χ4v) is 3.65. The van der Waals surface area contributed by atoms with Crippen LogP contribution in [0.15, 0.2) is 24.3 Å². The summed E-state index contributed by atoms with van der Waals surface area (Å²) in [4.78, 5) is 17.1. The highest BCUT2D eigenvalue weighted by Crippen LogP contribution is 2.28. The van der Waals surface area contributed by atoms with Crippen molar-refractivity contribution in [1.29, 1.82) is 5.26 Å². The van der Waals surface area contributed by atoms with E-state index in [0.29, 0.717) is 18.8 Å². The van der Waals surface area contributed by atoms with Crippen LogP contribution in [0.5, 0.6) is 0 Å². The molecule has 0 aliphatic carbocycles. The van der Waals surface area contributed by atoms with Gasteiger partial charge in [0.25, 0.3) is 0 Å². The van der Waals surface area contributed by atoms with Crippen LogP contribution in [0.25, 0.3) is 0 Å². The number of carbonyl (C=O) groups is 1. The lowest BCUT2D eigenvalue weighted by molar-refractivity contribution is -0.141. The third kappa shape index (κ3) is 3.77. The minimum absolute atomic E-state index is 0.0951. The van der Waals surface area contributed by atoms with Crippen molar-refractivity contribution in [3.8, 4) is 6.07 Å².